The summed E-state index contributed by atoms with van der Waals surface area (Å²) in [7, 11) is 1.55. The number of rotatable bonds is 6. The topological polar surface area (TPSA) is 93.5 Å². The van der Waals surface area contributed by atoms with Crippen molar-refractivity contribution in [3.05, 3.63) is 83.6 Å². The number of carbonyl (C=O) groups is 2. The van der Waals surface area contributed by atoms with E-state index in [1.54, 1.807) is 37.4 Å². The minimum Gasteiger partial charge on any atom is -0.495 e. The van der Waals surface area contributed by atoms with Crippen LogP contribution in [0.4, 0.5) is 11.4 Å². The number of ether oxygens (including phenoxy) is 1. The summed E-state index contributed by atoms with van der Waals surface area (Å²) in [4.78, 5) is 29.5. The standard InChI is InChI=1S/C30H31N3O4/c1-18-7-16-25(36-6)24(17-18)32-28(35)26-27(20-10-14-23(15-11-20)31-19(2)34)37-29(33-26)21-8-12-22(13-9-21)30(3,4)5/h7-17H,1-6H3,(H,31,34)(H,32,35). The van der Waals surface area contributed by atoms with E-state index in [1.165, 1.54) is 12.5 Å². The molecule has 1 heterocycles. The number of methoxy groups -OCH3 is 1. The molecule has 0 saturated carbocycles. The number of benzene rings is 3. The third kappa shape index (κ3) is 5.89. The van der Waals surface area contributed by atoms with Crippen LogP contribution in [0.2, 0.25) is 0 Å². The van der Waals surface area contributed by atoms with E-state index in [0.29, 0.717) is 34.3 Å². The average molecular weight is 498 g/mol. The van der Waals surface area contributed by atoms with Crippen LogP contribution in [0.5, 0.6) is 5.75 Å². The van der Waals surface area contributed by atoms with Gasteiger partial charge >= 0.3 is 0 Å². The molecular weight excluding hydrogens is 466 g/mol. The number of carbonyl (C=O) groups excluding carboxylic acids is 2. The summed E-state index contributed by atoms with van der Waals surface area (Å²) in [5.41, 5.74) is 4.91. The van der Waals surface area contributed by atoms with Crippen LogP contribution in [0.3, 0.4) is 0 Å². The first-order valence-corrected chi connectivity index (χ1v) is 12.0. The molecule has 0 aliphatic rings. The van der Waals surface area contributed by atoms with E-state index < -0.39 is 5.91 Å². The zero-order valence-electron chi connectivity index (χ0n) is 21.9. The monoisotopic (exact) mass is 497 g/mol. The van der Waals surface area contributed by atoms with E-state index in [0.717, 1.165) is 11.1 Å². The second-order valence-electron chi connectivity index (χ2n) is 9.94. The maximum atomic E-state index is 13.5. The molecule has 0 fully saturated rings. The molecule has 0 atom stereocenters. The number of amides is 2. The number of oxazole rings is 1. The first kappa shape index (κ1) is 25.7. The van der Waals surface area contributed by atoms with Crippen LogP contribution in [0, 0.1) is 6.92 Å². The Balaban J connectivity index is 1.76. The third-order valence-electron chi connectivity index (χ3n) is 5.91. The molecule has 37 heavy (non-hydrogen) atoms. The van der Waals surface area contributed by atoms with E-state index >= 15 is 0 Å². The van der Waals surface area contributed by atoms with Gasteiger partial charge in [-0.1, -0.05) is 39.0 Å². The average Bonchev–Trinajstić information content (AvgIpc) is 3.30. The molecule has 0 aliphatic heterocycles. The molecule has 0 unspecified atom stereocenters. The Morgan fingerprint density at radius 2 is 1.54 bits per heavy atom. The predicted octanol–water partition coefficient (Wildman–Crippen LogP) is 6.83. The molecule has 4 aromatic rings. The highest BCUT2D eigenvalue weighted by Gasteiger charge is 2.24. The summed E-state index contributed by atoms with van der Waals surface area (Å²) in [6, 6.07) is 20.6. The van der Waals surface area contributed by atoms with E-state index in [4.69, 9.17) is 9.15 Å². The van der Waals surface area contributed by atoms with Gasteiger partial charge in [0.1, 0.15) is 5.75 Å². The number of aryl methyl sites for hydroxylation is 1. The van der Waals surface area contributed by atoms with Crippen molar-refractivity contribution in [2.45, 2.75) is 40.0 Å². The van der Waals surface area contributed by atoms with Gasteiger partial charge in [0.05, 0.1) is 12.8 Å². The molecule has 3 aromatic carbocycles. The minimum atomic E-state index is -0.425. The largest absolute Gasteiger partial charge is 0.495 e. The summed E-state index contributed by atoms with van der Waals surface area (Å²) >= 11 is 0. The van der Waals surface area contributed by atoms with E-state index in [1.807, 2.05) is 43.3 Å². The highest BCUT2D eigenvalue weighted by molar-refractivity contribution is 6.07. The molecule has 2 N–H and O–H groups in total. The second-order valence-corrected chi connectivity index (χ2v) is 9.94. The summed E-state index contributed by atoms with van der Waals surface area (Å²) in [5, 5.41) is 5.66. The number of hydrogen-bond donors (Lipinski definition) is 2. The molecule has 0 spiro atoms. The lowest BCUT2D eigenvalue weighted by atomic mass is 9.87. The van der Waals surface area contributed by atoms with Crippen LogP contribution >= 0.6 is 0 Å². The fourth-order valence-corrected chi connectivity index (χ4v) is 3.92. The Morgan fingerprint density at radius 3 is 2.14 bits per heavy atom. The zero-order valence-corrected chi connectivity index (χ0v) is 21.9. The maximum absolute atomic E-state index is 13.5. The van der Waals surface area contributed by atoms with Gasteiger partial charge in [-0.25, -0.2) is 4.98 Å². The Kier molecular flexibility index (Phi) is 7.16. The van der Waals surface area contributed by atoms with Crippen molar-refractivity contribution in [3.8, 4) is 28.5 Å². The van der Waals surface area contributed by atoms with Crippen molar-refractivity contribution in [1.82, 2.24) is 4.98 Å². The van der Waals surface area contributed by atoms with E-state index in [2.05, 4.69) is 36.4 Å². The van der Waals surface area contributed by atoms with Crippen molar-refractivity contribution >= 4 is 23.2 Å². The highest BCUT2D eigenvalue weighted by Crippen LogP contribution is 2.33. The van der Waals surface area contributed by atoms with Crippen LogP contribution in [0.25, 0.3) is 22.8 Å². The van der Waals surface area contributed by atoms with E-state index in [9.17, 15) is 9.59 Å². The molecule has 7 nitrogen and oxygen atoms in total. The number of nitrogens with one attached hydrogen (secondary N) is 2. The summed E-state index contributed by atoms with van der Waals surface area (Å²) in [5.74, 6) is 0.615. The Morgan fingerprint density at radius 1 is 0.892 bits per heavy atom. The maximum Gasteiger partial charge on any atom is 0.278 e. The van der Waals surface area contributed by atoms with Crippen LogP contribution in [-0.2, 0) is 10.2 Å². The molecule has 0 saturated heterocycles. The van der Waals surface area contributed by atoms with Crippen molar-refractivity contribution in [3.63, 3.8) is 0 Å². The Hall–Kier alpha value is -4.39. The first-order chi connectivity index (χ1) is 17.5. The highest BCUT2D eigenvalue weighted by atomic mass is 16.5. The number of nitrogens with zero attached hydrogens (tertiary/aromatic N) is 1. The normalized spacial score (nSPS) is 11.2. The van der Waals surface area contributed by atoms with Crippen molar-refractivity contribution < 1.29 is 18.7 Å². The molecule has 2 amide bonds. The van der Waals surface area contributed by atoms with Gasteiger partial charge in [-0.15, -0.1) is 0 Å². The molecule has 7 heteroatoms. The molecule has 4 rings (SSSR count). The fraction of sp³-hybridized carbons (Fsp3) is 0.233. The smallest absolute Gasteiger partial charge is 0.278 e. The number of aromatic nitrogens is 1. The van der Waals surface area contributed by atoms with Gasteiger partial charge in [-0.2, -0.15) is 0 Å². The fourth-order valence-electron chi connectivity index (χ4n) is 3.92. The van der Waals surface area contributed by atoms with Gasteiger partial charge in [-0.3, -0.25) is 9.59 Å². The molecule has 1 aromatic heterocycles. The number of hydrogen-bond acceptors (Lipinski definition) is 5. The van der Waals surface area contributed by atoms with Gasteiger partial charge in [0.25, 0.3) is 5.91 Å². The van der Waals surface area contributed by atoms with Crippen LogP contribution < -0.4 is 15.4 Å². The van der Waals surface area contributed by atoms with E-state index in [-0.39, 0.29) is 17.0 Å². The Bertz CT molecular complexity index is 1430. The quantitative estimate of drug-likeness (QED) is 0.304. The van der Waals surface area contributed by atoms with Gasteiger partial charge in [0, 0.05) is 23.7 Å². The number of anilines is 2. The molecule has 0 aliphatic carbocycles. The van der Waals surface area contributed by atoms with Gasteiger partial charge in [0.2, 0.25) is 11.8 Å². The molecule has 0 bridgehead atoms. The zero-order chi connectivity index (χ0) is 26.7. The van der Waals surface area contributed by atoms with Crippen LogP contribution in [-0.4, -0.2) is 23.9 Å². The molecular formula is C30H31N3O4. The van der Waals surface area contributed by atoms with Crippen molar-refractivity contribution in [1.29, 1.82) is 0 Å². The van der Waals surface area contributed by atoms with Gasteiger partial charge in [-0.05, 0) is 72.0 Å². The van der Waals surface area contributed by atoms with Crippen LogP contribution in [0.15, 0.2) is 71.1 Å². The van der Waals surface area contributed by atoms with Crippen molar-refractivity contribution in [2.75, 3.05) is 17.7 Å². The van der Waals surface area contributed by atoms with Gasteiger partial charge in [0.15, 0.2) is 11.5 Å². The molecule has 190 valence electrons. The van der Waals surface area contributed by atoms with Gasteiger partial charge < -0.3 is 19.8 Å². The SMILES string of the molecule is COc1ccc(C)cc1NC(=O)c1nc(-c2ccc(C(C)(C)C)cc2)oc1-c1ccc(NC(C)=O)cc1. The lowest BCUT2D eigenvalue weighted by molar-refractivity contribution is -0.114. The lowest BCUT2D eigenvalue weighted by Crippen LogP contribution is -2.14. The van der Waals surface area contributed by atoms with Crippen molar-refractivity contribution in [2.24, 2.45) is 0 Å². The third-order valence-corrected chi connectivity index (χ3v) is 5.91. The second kappa shape index (κ2) is 10.3. The first-order valence-electron chi connectivity index (χ1n) is 12.0. The molecule has 0 radical (unpaired) electrons. The summed E-state index contributed by atoms with van der Waals surface area (Å²) in [6.07, 6.45) is 0. The Labute approximate surface area is 216 Å². The summed E-state index contributed by atoms with van der Waals surface area (Å²) < 4.78 is 11.6. The summed E-state index contributed by atoms with van der Waals surface area (Å²) in [6.45, 7) is 9.84. The lowest BCUT2D eigenvalue weighted by Gasteiger charge is -2.18. The minimum absolute atomic E-state index is 0.00779. The van der Waals surface area contributed by atoms with Crippen LogP contribution in [0.1, 0.15) is 49.3 Å². The predicted molar refractivity (Wildman–Crippen MR) is 146 cm³/mol.